The molecular weight excluding hydrogens is 224 g/mol. The molecule has 0 radical (unpaired) electrons. The molecule has 0 N–H and O–H groups in total. The Balaban J connectivity index is 2.12. The van der Waals surface area contributed by atoms with Crippen LogP contribution in [0.2, 0.25) is 0 Å². The van der Waals surface area contributed by atoms with E-state index in [0.717, 1.165) is 5.25 Å². The Hall–Kier alpha value is -0.690. The first-order chi connectivity index (χ1) is 8.33. The molecule has 1 atom stereocenters. The van der Waals surface area contributed by atoms with E-state index in [1.807, 2.05) is 0 Å². The normalized spacial score (nSPS) is 13.1. The van der Waals surface area contributed by atoms with Crippen molar-refractivity contribution < 1.29 is 0 Å². The zero-order chi connectivity index (χ0) is 12.3. The van der Waals surface area contributed by atoms with E-state index in [1.165, 1.54) is 37.0 Å². The number of rotatable bonds is 8. The summed E-state index contributed by atoms with van der Waals surface area (Å²) in [6.07, 6.45) is 9.67. The molecular formula is C16H24S. The van der Waals surface area contributed by atoms with Gasteiger partial charge < -0.3 is 0 Å². The minimum Gasteiger partial charge on any atom is -0.159 e. The van der Waals surface area contributed by atoms with E-state index in [2.05, 4.69) is 68.1 Å². The molecule has 0 fully saturated rings. The topological polar surface area (TPSA) is 0 Å². The highest BCUT2D eigenvalue weighted by Crippen LogP contribution is 2.17. The van der Waals surface area contributed by atoms with Crippen LogP contribution in [0.3, 0.4) is 0 Å². The third-order valence-corrected chi connectivity index (χ3v) is 4.08. The van der Waals surface area contributed by atoms with Crippen LogP contribution in [0, 0.1) is 0 Å². The lowest BCUT2D eigenvalue weighted by molar-refractivity contribution is 0.826. The smallest absolute Gasteiger partial charge is 0.00216 e. The molecule has 0 saturated carbocycles. The van der Waals surface area contributed by atoms with Crippen molar-refractivity contribution in [1.82, 2.24) is 0 Å². The SMILES string of the molecule is CCCCS[C@H](C)CC/C=C/c1ccccc1. The molecule has 1 heteroatoms. The molecule has 1 aromatic carbocycles. The molecule has 0 saturated heterocycles. The van der Waals surface area contributed by atoms with Crippen molar-refractivity contribution in [3.05, 3.63) is 42.0 Å². The number of benzene rings is 1. The largest absolute Gasteiger partial charge is 0.159 e. The summed E-state index contributed by atoms with van der Waals surface area (Å²) in [4.78, 5) is 0. The first-order valence-corrected chi connectivity index (χ1v) is 7.71. The van der Waals surface area contributed by atoms with Gasteiger partial charge in [-0.1, -0.05) is 62.8 Å². The highest BCUT2D eigenvalue weighted by atomic mass is 32.2. The molecule has 17 heavy (non-hydrogen) atoms. The minimum absolute atomic E-state index is 0.793. The summed E-state index contributed by atoms with van der Waals surface area (Å²) < 4.78 is 0. The number of unbranched alkanes of at least 4 members (excludes halogenated alkanes) is 1. The predicted octanol–water partition coefficient (Wildman–Crippen LogP) is 5.40. The Bertz CT molecular complexity index is 303. The summed E-state index contributed by atoms with van der Waals surface area (Å²) in [6.45, 7) is 4.60. The average Bonchev–Trinajstić information content (AvgIpc) is 2.36. The van der Waals surface area contributed by atoms with Gasteiger partial charge in [0, 0.05) is 5.25 Å². The van der Waals surface area contributed by atoms with Crippen LogP contribution in [-0.2, 0) is 0 Å². The zero-order valence-electron chi connectivity index (χ0n) is 11.1. The van der Waals surface area contributed by atoms with Crippen molar-refractivity contribution in [3.8, 4) is 0 Å². The fourth-order valence-corrected chi connectivity index (χ4v) is 2.79. The number of hydrogen-bond donors (Lipinski definition) is 0. The van der Waals surface area contributed by atoms with Gasteiger partial charge in [0.15, 0.2) is 0 Å². The summed E-state index contributed by atoms with van der Waals surface area (Å²) in [6, 6.07) is 10.5. The molecule has 1 rings (SSSR count). The molecule has 0 aliphatic rings. The van der Waals surface area contributed by atoms with Crippen molar-refractivity contribution >= 4 is 17.8 Å². The Morgan fingerprint density at radius 1 is 1.24 bits per heavy atom. The van der Waals surface area contributed by atoms with Gasteiger partial charge in [0.05, 0.1) is 0 Å². The maximum absolute atomic E-state index is 2.34. The van der Waals surface area contributed by atoms with E-state index in [0.29, 0.717) is 0 Å². The van der Waals surface area contributed by atoms with Crippen LogP contribution < -0.4 is 0 Å². The van der Waals surface area contributed by atoms with Gasteiger partial charge in [-0.2, -0.15) is 11.8 Å². The van der Waals surface area contributed by atoms with Crippen molar-refractivity contribution in [2.75, 3.05) is 5.75 Å². The average molecular weight is 248 g/mol. The van der Waals surface area contributed by atoms with Crippen LogP contribution in [0.1, 0.15) is 45.1 Å². The van der Waals surface area contributed by atoms with Crippen LogP contribution in [0.5, 0.6) is 0 Å². The number of hydrogen-bond acceptors (Lipinski definition) is 1. The quantitative estimate of drug-likeness (QED) is 0.555. The summed E-state index contributed by atoms with van der Waals surface area (Å²) in [7, 11) is 0. The summed E-state index contributed by atoms with van der Waals surface area (Å²) in [5.74, 6) is 1.32. The molecule has 0 unspecified atom stereocenters. The van der Waals surface area contributed by atoms with Gasteiger partial charge >= 0.3 is 0 Å². The molecule has 0 nitrogen and oxygen atoms in total. The molecule has 0 heterocycles. The standard InChI is InChI=1S/C16H24S/c1-3-4-14-17-15(2)10-8-9-13-16-11-6-5-7-12-16/h5-7,9,11-13,15H,3-4,8,10,14H2,1-2H3/b13-9+/t15-/m1/s1. The molecule has 0 aliphatic carbocycles. The fraction of sp³-hybridized carbons (Fsp3) is 0.500. The second-order valence-electron chi connectivity index (χ2n) is 4.43. The van der Waals surface area contributed by atoms with Gasteiger partial charge in [-0.05, 0) is 30.6 Å². The number of allylic oxidation sites excluding steroid dienone is 1. The summed E-state index contributed by atoms with van der Waals surface area (Å²) in [5.41, 5.74) is 1.30. The highest BCUT2D eigenvalue weighted by Gasteiger charge is 1.99. The zero-order valence-corrected chi connectivity index (χ0v) is 11.9. The van der Waals surface area contributed by atoms with Crippen LogP contribution >= 0.6 is 11.8 Å². The van der Waals surface area contributed by atoms with E-state index in [-0.39, 0.29) is 0 Å². The lowest BCUT2D eigenvalue weighted by Crippen LogP contribution is -1.96. The van der Waals surface area contributed by atoms with Gasteiger partial charge in [0.2, 0.25) is 0 Å². The molecule has 0 spiro atoms. The van der Waals surface area contributed by atoms with Gasteiger partial charge in [0.1, 0.15) is 0 Å². The summed E-state index contributed by atoms with van der Waals surface area (Å²) >= 11 is 2.11. The molecule has 0 amide bonds. The second-order valence-corrected chi connectivity index (χ2v) is 5.97. The van der Waals surface area contributed by atoms with Crippen LogP contribution in [-0.4, -0.2) is 11.0 Å². The first-order valence-electron chi connectivity index (χ1n) is 6.66. The number of thioether (sulfide) groups is 1. The van der Waals surface area contributed by atoms with Crippen LogP contribution in [0.25, 0.3) is 6.08 Å². The van der Waals surface area contributed by atoms with Crippen molar-refractivity contribution in [2.24, 2.45) is 0 Å². The Labute approximate surface area is 111 Å². The fourth-order valence-electron chi connectivity index (χ4n) is 1.63. The summed E-state index contributed by atoms with van der Waals surface area (Å²) in [5, 5.41) is 0.793. The van der Waals surface area contributed by atoms with E-state index >= 15 is 0 Å². The predicted molar refractivity (Wildman–Crippen MR) is 81.5 cm³/mol. The molecule has 1 aromatic rings. The van der Waals surface area contributed by atoms with Crippen molar-refractivity contribution in [2.45, 2.75) is 44.8 Å². The van der Waals surface area contributed by atoms with E-state index in [9.17, 15) is 0 Å². The maximum Gasteiger partial charge on any atom is 0.00216 e. The van der Waals surface area contributed by atoms with Crippen LogP contribution in [0.4, 0.5) is 0 Å². The third-order valence-electron chi connectivity index (χ3n) is 2.75. The molecule has 0 aromatic heterocycles. The minimum atomic E-state index is 0.793. The van der Waals surface area contributed by atoms with Gasteiger partial charge in [-0.25, -0.2) is 0 Å². The van der Waals surface area contributed by atoms with Crippen LogP contribution in [0.15, 0.2) is 36.4 Å². The second kappa shape index (κ2) is 9.35. The van der Waals surface area contributed by atoms with Crippen molar-refractivity contribution in [1.29, 1.82) is 0 Å². The molecule has 0 aliphatic heterocycles. The third kappa shape index (κ3) is 7.27. The molecule has 0 bridgehead atoms. The Kier molecular flexibility index (Phi) is 7.91. The van der Waals surface area contributed by atoms with E-state index < -0.39 is 0 Å². The lowest BCUT2D eigenvalue weighted by atomic mass is 10.2. The Morgan fingerprint density at radius 2 is 2.00 bits per heavy atom. The molecule has 94 valence electrons. The van der Waals surface area contributed by atoms with E-state index in [1.54, 1.807) is 0 Å². The van der Waals surface area contributed by atoms with Gasteiger partial charge in [0.25, 0.3) is 0 Å². The van der Waals surface area contributed by atoms with Gasteiger partial charge in [-0.3, -0.25) is 0 Å². The first kappa shape index (κ1) is 14.4. The maximum atomic E-state index is 2.34. The highest BCUT2D eigenvalue weighted by molar-refractivity contribution is 7.99. The van der Waals surface area contributed by atoms with Crippen molar-refractivity contribution in [3.63, 3.8) is 0 Å². The monoisotopic (exact) mass is 248 g/mol. The van der Waals surface area contributed by atoms with E-state index in [4.69, 9.17) is 0 Å². The lowest BCUT2D eigenvalue weighted by Gasteiger charge is -2.08. The Morgan fingerprint density at radius 3 is 2.71 bits per heavy atom. The van der Waals surface area contributed by atoms with Gasteiger partial charge in [-0.15, -0.1) is 0 Å².